The van der Waals surface area contributed by atoms with Gasteiger partial charge in [-0.3, -0.25) is 31.5 Å². The molecule has 0 fully saturated rings. The van der Waals surface area contributed by atoms with Crippen molar-refractivity contribution in [2.75, 3.05) is 0 Å². The summed E-state index contributed by atoms with van der Waals surface area (Å²) >= 11 is 0. The molecule has 0 aromatic rings. The molecule has 0 amide bonds. The summed E-state index contributed by atoms with van der Waals surface area (Å²) in [6.45, 7) is 0. The molecule has 0 aromatic heterocycles. The van der Waals surface area contributed by atoms with E-state index in [1.165, 1.54) is 0 Å². The van der Waals surface area contributed by atoms with Crippen molar-refractivity contribution in [1.29, 1.82) is 0 Å². The summed E-state index contributed by atoms with van der Waals surface area (Å²) in [6.07, 6.45) is -3.67. The molecule has 0 spiro atoms. The minimum atomic E-state index is -1.83. The minimum absolute atomic E-state index is 0. The summed E-state index contributed by atoms with van der Waals surface area (Å²) in [6, 6.07) is 0. The Labute approximate surface area is 140 Å². The van der Waals surface area contributed by atoms with E-state index < -0.39 is 12.3 Å². The second-order valence-corrected chi connectivity index (χ2v) is 0.565. The Kier molecular flexibility index (Phi) is 302. The fourth-order valence-electron chi connectivity index (χ4n) is 0. The molecule has 0 rings (SSSR count). The van der Waals surface area contributed by atoms with E-state index in [4.69, 9.17) is 61.6 Å². The van der Waals surface area contributed by atoms with Gasteiger partial charge >= 0.3 is 71.4 Å². The van der Waals surface area contributed by atoms with Crippen molar-refractivity contribution in [3.05, 3.63) is 0 Å². The Morgan fingerprint density at radius 1 is 0.588 bits per heavy atom. The second kappa shape index (κ2) is 96.6. The predicted molar refractivity (Wildman–Crippen MR) is 42.9 cm³/mol. The van der Waals surface area contributed by atoms with Crippen molar-refractivity contribution in [1.82, 2.24) is 0 Å². The van der Waals surface area contributed by atoms with Gasteiger partial charge < -0.3 is 28.8 Å². The number of carbonyl (C=O) groups is 2. The first kappa shape index (κ1) is 53.2. The first-order chi connectivity index (χ1) is 6.46. The van der Waals surface area contributed by atoms with Crippen molar-refractivity contribution in [3.63, 3.8) is 0 Å². The molecule has 0 saturated carbocycles. The zero-order valence-electron chi connectivity index (χ0n) is 10.8. The average molecular weight is 292 g/mol. The fraction of sp³-hybridized carbons (Fsp3) is 0. The zero-order chi connectivity index (χ0) is 13.2. The van der Waals surface area contributed by atoms with E-state index in [0.29, 0.717) is 0 Å². The Hall–Kier alpha value is 0.260. The molecule has 0 aliphatic rings. The van der Waals surface area contributed by atoms with Gasteiger partial charge in [0.05, 0.1) is 0 Å². The maximum absolute atomic E-state index is 8.56. The topological polar surface area (TPSA) is 268 Å². The van der Waals surface area contributed by atoms with Crippen LogP contribution in [0.3, 0.4) is 0 Å². The molecule has 0 radical (unpaired) electrons. The van der Waals surface area contributed by atoms with Gasteiger partial charge in [-0.2, -0.15) is 0 Å². The van der Waals surface area contributed by atoms with Gasteiger partial charge in [0.15, 0.2) is 0 Å². The van der Waals surface area contributed by atoms with Crippen molar-refractivity contribution < 1.29 is 129 Å². The van der Waals surface area contributed by atoms with Gasteiger partial charge in [-0.15, -0.1) is 0 Å². The quantitative estimate of drug-likeness (QED) is 0.113. The van der Waals surface area contributed by atoms with Crippen LogP contribution >= 0.6 is 0 Å². The summed E-state index contributed by atoms with van der Waals surface area (Å²) in [5.41, 5.74) is 0. The Morgan fingerprint density at radius 3 is 0.588 bits per heavy atom. The van der Waals surface area contributed by atoms with Crippen LogP contribution in [0.4, 0.5) is 9.59 Å². The summed E-state index contributed by atoms with van der Waals surface area (Å²) in [7, 11) is 0. The molecule has 12 N–H and O–H groups in total. The molecular weight excluding hydrogens is 278 g/mol. The van der Waals surface area contributed by atoms with E-state index in [0.717, 1.165) is 0 Å². The van der Waals surface area contributed by atoms with Crippen LogP contribution < -0.4 is 59.1 Å². The normalized spacial score (nSPS) is 3.88. The van der Waals surface area contributed by atoms with Crippen molar-refractivity contribution in [2.45, 2.75) is 0 Å². The SMILES string of the molecule is O.O=C(O)O.O=C(O)O.OO.OO.OO.[H-].[H-].[Na+].[Na+]. The van der Waals surface area contributed by atoms with E-state index in [9.17, 15) is 0 Å². The molecule has 0 unspecified atom stereocenters. The largest absolute Gasteiger partial charge is 1.00 e. The zero-order valence-corrected chi connectivity index (χ0v) is 12.8. The van der Waals surface area contributed by atoms with Crippen LogP contribution in [0.15, 0.2) is 0 Å². The number of rotatable bonds is 0. The summed E-state index contributed by atoms with van der Waals surface area (Å²) in [4.78, 5) is 17.1. The molecule has 0 bridgehead atoms. The number of carboxylic acid groups (broad SMARTS) is 4. The van der Waals surface area contributed by atoms with Gasteiger partial charge in [0.1, 0.15) is 0 Å². The van der Waals surface area contributed by atoms with E-state index in [1.807, 2.05) is 0 Å². The average Bonchev–Trinajstić information content (AvgIpc) is 2.12. The second-order valence-electron chi connectivity index (χ2n) is 0.565. The molecular formula is C2H14Na2O13. The van der Waals surface area contributed by atoms with E-state index in [2.05, 4.69) is 0 Å². The first-order valence-electron chi connectivity index (χ1n) is 1.90. The molecule has 0 aromatic carbocycles. The molecule has 17 heavy (non-hydrogen) atoms. The van der Waals surface area contributed by atoms with Gasteiger partial charge in [-0.1, -0.05) is 0 Å². The van der Waals surface area contributed by atoms with Crippen LogP contribution in [0.1, 0.15) is 2.85 Å². The van der Waals surface area contributed by atoms with E-state index >= 15 is 0 Å². The van der Waals surface area contributed by atoms with Gasteiger partial charge in [-0.05, 0) is 0 Å². The van der Waals surface area contributed by atoms with Gasteiger partial charge in [-0.25, -0.2) is 9.59 Å². The Balaban J connectivity index is -0.00000000649. The summed E-state index contributed by atoms with van der Waals surface area (Å²) < 4.78 is 0. The summed E-state index contributed by atoms with van der Waals surface area (Å²) in [5, 5.41) is 63.9. The molecule has 0 heterocycles. The molecule has 0 saturated heterocycles. The molecule has 15 heteroatoms. The van der Waals surface area contributed by atoms with Gasteiger partial charge in [0.25, 0.3) is 0 Å². The van der Waals surface area contributed by atoms with Gasteiger partial charge in [0, 0.05) is 0 Å². The Morgan fingerprint density at radius 2 is 0.588 bits per heavy atom. The van der Waals surface area contributed by atoms with Crippen LogP contribution in [0.2, 0.25) is 0 Å². The van der Waals surface area contributed by atoms with Crippen LogP contribution in [-0.4, -0.2) is 69.8 Å². The maximum atomic E-state index is 8.56. The smallest absolute Gasteiger partial charge is 1.00 e. The van der Waals surface area contributed by atoms with Crippen molar-refractivity contribution in [2.24, 2.45) is 0 Å². The van der Waals surface area contributed by atoms with Crippen LogP contribution in [0.5, 0.6) is 0 Å². The van der Waals surface area contributed by atoms with Crippen LogP contribution in [0, 0.1) is 0 Å². The molecule has 0 aliphatic heterocycles. The van der Waals surface area contributed by atoms with Crippen molar-refractivity contribution in [3.8, 4) is 0 Å². The van der Waals surface area contributed by atoms with E-state index in [-0.39, 0.29) is 67.4 Å². The number of hydrogen-bond acceptors (Lipinski definition) is 8. The van der Waals surface area contributed by atoms with Crippen LogP contribution in [0.25, 0.3) is 0 Å². The number of hydrogen-bond donors (Lipinski definition) is 10. The standard InChI is InChI=1S/2CH2O3.2Na.3H2O2.H2O.2H/c2*2-1(3)4;;;3*1-2;;;/h2*(H2,2,3,4);;;3*1-2H;1H2;;/q;;2*+1;;;;;2*-1. The van der Waals surface area contributed by atoms with Gasteiger partial charge in [0.2, 0.25) is 0 Å². The summed E-state index contributed by atoms with van der Waals surface area (Å²) in [5.74, 6) is 0. The molecule has 102 valence electrons. The minimum Gasteiger partial charge on any atom is -1.00 e. The Bertz CT molecular complexity index is 84.6. The van der Waals surface area contributed by atoms with Crippen LogP contribution in [-0.2, 0) is 0 Å². The predicted octanol–water partition coefficient (Wildman–Crippen LogP) is -6.09. The van der Waals surface area contributed by atoms with Crippen molar-refractivity contribution >= 4 is 12.3 Å². The fourth-order valence-corrected chi connectivity index (χ4v) is 0. The molecule has 0 aliphatic carbocycles. The maximum Gasteiger partial charge on any atom is 1.00 e. The molecule has 0 atom stereocenters. The molecule has 13 nitrogen and oxygen atoms in total. The van der Waals surface area contributed by atoms with E-state index in [1.54, 1.807) is 0 Å². The third-order valence-corrected chi connectivity index (χ3v) is 0. The first-order valence-corrected chi connectivity index (χ1v) is 1.90. The third kappa shape index (κ3) is 48900. The monoisotopic (exact) mass is 292 g/mol. The third-order valence-electron chi connectivity index (χ3n) is 0.